The van der Waals surface area contributed by atoms with E-state index in [1.807, 2.05) is 42.8 Å². The summed E-state index contributed by atoms with van der Waals surface area (Å²) < 4.78 is 13.1. The second-order valence-corrected chi connectivity index (χ2v) is 9.29. The zero-order valence-electron chi connectivity index (χ0n) is 20.6. The van der Waals surface area contributed by atoms with Crippen LogP contribution in [0, 0.1) is 12.8 Å². The Kier molecular flexibility index (Phi) is 6.16. The molecule has 10 nitrogen and oxygen atoms in total. The van der Waals surface area contributed by atoms with Crippen LogP contribution in [0.3, 0.4) is 0 Å². The van der Waals surface area contributed by atoms with Crippen LogP contribution in [0.1, 0.15) is 36.6 Å². The summed E-state index contributed by atoms with van der Waals surface area (Å²) in [5, 5.41) is 15.3. The fourth-order valence-electron chi connectivity index (χ4n) is 4.81. The fraction of sp³-hybridized carbons (Fsp3) is 0.440. The van der Waals surface area contributed by atoms with Crippen molar-refractivity contribution in [3.63, 3.8) is 0 Å². The van der Waals surface area contributed by atoms with Crippen molar-refractivity contribution in [2.45, 2.75) is 38.5 Å². The molecule has 35 heavy (non-hydrogen) atoms. The van der Waals surface area contributed by atoms with Gasteiger partial charge >= 0.3 is 0 Å². The van der Waals surface area contributed by atoms with E-state index in [9.17, 15) is 0 Å². The Balaban J connectivity index is 1.48. The molecule has 0 radical (unpaired) electrons. The van der Waals surface area contributed by atoms with Crippen molar-refractivity contribution in [2.75, 3.05) is 31.0 Å². The van der Waals surface area contributed by atoms with Crippen LogP contribution in [0.15, 0.2) is 35.6 Å². The fourth-order valence-corrected chi connectivity index (χ4v) is 4.81. The third-order valence-electron chi connectivity index (χ3n) is 6.82. The highest BCUT2D eigenvalue weighted by atomic mass is 16.5. The van der Waals surface area contributed by atoms with E-state index in [1.54, 1.807) is 19.7 Å². The number of rotatable bonds is 6. The minimum Gasteiger partial charge on any atom is -0.496 e. The molecule has 2 aliphatic heterocycles. The molecule has 0 aliphatic carbocycles. The number of anilines is 2. The van der Waals surface area contributed by atoms with E-state index in [0.717, 1.165) is 60.2 Å². The smallest absolute Gasteiger partial charge is 0.212 e. The summed E-state index contributed by atoms with van der Waals surface area (Å²) in [5.41, 5.74) is 11.1. The molecule has 3 aromatic rings. The quantitative estimate of drug-likeness (QED) is 0.496. The van der Waals surface area contributed by atoms with Gasteiger partial charge in [0, 0.05) is 49.3 Å². The standard InChI is InChI=1S/C25H32N8O2/c1-15-11-19-13-27-25(26,20-6-5-18(12-21(20)34-4)24-32-28-14-33(24)3)31-22(19)23(29-15)30-16(2)17-7-9-35-10-8-17/h5-6,11-14,16-17,31H,7-10,26H2,1-4H3,(H,29,30). The summed E-state index contributed by atoms with van der Waals surface area (Å²) in [6, 6.07) is 8.01. The molecule has 0 bridgehead atoms. The van der Waals surface area contributed by atoms with Gasteiger partial charge in [0.15, 0.2) is 11.6 Å². The maximum Gasteiger partial charge on any atom is 0.212 e. The lowest BCUT2D eigenvalue weighted by Crippen LogP contribution is -2.45. The predicted molar refractivity (Wildman–Crippen MR) is 136 cm³/mol. The zero-order valence-corrected chi connectivity index (χ0v) is 20.6. The first kappa shape index (κ1) is 23.3. The lowest BCUT2D eigenvalue weighted by Gasteiger charge is -2.35. The van der Waals surface area contributed by atoms with Crippen molar-refractivity contribution in [1.82, 2.24) is 19.7 Å². The molecule has 2 atom stereocenters. The first-order valence-corrected chi connectivity index (χ1v) is 11.9. The Morgan fingerprint density at radius 2 is 2.09 bits per heavy atom. The zero-order chi connectivity index (χ0) is 24.6. The van der Waals surface area contributed by atoms with Gasteiger partial charge in [0.1, 0.15) is 12.1 Å². The van der Waals surface area contributed by atoms with Gasteiger partial charge in [-0.3, -0.25) is 5.73 Å². The van der Waals surface area contributed by atoms with Crippen LogP contribution in [-0.4, -0.2) is 52.3 Å². The Morgan fingerprint density at radius 1 is 1.29 bits per heavy atom. The van der Waals surface area contributed by atoms with Crippen molar-refractivity contribution in [2.24, 2.45) is 23.7 Å². The van der Waals surface area contributed by atoms with Crippen LogP contribution in [0.4, 0.5) is 11.5 Å². The Morgan fingerprint density at radius 3 is 2.80 bits per heavy atom. The van der Waals surface area contributed by atoms with Crippen LogP contribution >= 0.6 is 0 Å². The summed E-state index contributed by atoms with van der Waals surface area (Å²) in [4.78, 5) is 9.51. The van der Waals surface area contributed by atoms with Crippen LogP contribution in [-0.2, 0) is 17.6 Å². The van der Waals surface area contributed by atoms with E-state index >= 15 is 0 Å². The molecule has 0 amide bonds. The van der Waals surface area contributed by atoms with E-state index in [1.165, 1.54) is 0 Å². The minimum atomic E-state index is -1.23. The molecule has 1 aromatic carbocycles. The highest BCUT2D eigenvalue weighted by Gasteiger charge is 2.35. The van der Waals surface area contributed by atoms with Crippen molar-refractivity contribution >= 4 is 17.7 Å². The lowest BCUT2D eigenvalue weighted by molar-refractivity contribution is 0.0622. The number of aromatic nitrogens is 4. The van der Waals surface area contributed by atoms with Gasteiger partial charge in [-0.05, 0) is 50.8 Å². The molecule has 4 N–H and O–H groups in total. The minimum absolute atomic E-state index is 0.241. The maximum atomic E-state index is 6.86. The number of aryl methyl sites for hydroxylation is 2. The molecule has 0 spiro atoms. The monoisotopic (exact) mass is 476 g/mol. The average molecular weight is 477 g/mol. The number of nitrogens with one attached hydrogen (secondary N) is 2. The van der Waals surface area contributed by atoms with Crippen molar-refractivity contribution in [3.8, 4) is 17.1 Å². The molecule has 0 saturated carbocycles. The Hall–Kier alpha value is -3.50. The topological polar surface area (TPSA) is 125 Å². The van der Waals surface area contributed by atoms with Gasteiger partial charge in [0.05, 0.1) is 18.4 Å². The van der Waals surface area contributed by atoms with E-state index in [4.69, 9.17) is 25.2 Å². The number of hydrogen-bond donors (Lipinski definition) is 3. The number of aliphatic imine (C=N–C) groups is 1. The molecule has 1 saturated heterocycles. The Labute approximate surface area is 205 Å². The second-order valence-electron chi connectivity index (χ2n) is 9.29. The number of nitrogens with zero attached hydrogens (tertiary/aromatic N) is 5. The SMILES string of the molecule is COc1cc(-c2nncn2C)ccc1C1(N)N=Cc2cc(C)nc(NC(C)C3CCOCC3)c2N1. The second kappa shape index (κ2) is 9.27. The largest absolute Gasteiger partial charge is 0.496 e. The number of pyridine rings is 1. The van der Waals surface area contributed by atoms with E-state index in [0.29, 0.717) is 17.2 Å². The summed E-state index contributed by atoms with van der Waals surface area (Å²) in [6.07, 6.45) is 5.54. The van der Waals surface area contributed by atoms with E-state index < -0.39 is 5.79 Å². The van der Waals surface area contributed by atoms with Crippen LogP contribution < -0.4 is 21.1 Å². The molecule has 2 aliphatic rings. The lowest BCUT2D eigenvalue weighted by atomic mass is 9.93. The first-order valence-electron chi connectivity index (χ1n) is 11.9. The first-order chi connectivity index (χ1) is 16.9. The molecule has 10 heteroatoms. The molecular formula is C25H32N8O2. The van der Waals surface area contributed by atoms with Gasteiger partial charge in [0.25, 0.3) is 0 Å². The van der Waals surface area contributed by atoms with Gasteiger partial charge in [-0.25, -0.2) is 9.98 Å². The van der Waals surface area contributed by atoms with Gasteiger partial charge in [-0.1, -0.05) is 6.07 Å². The highest BCUT2D eigenvalue weighted by Crippen LogP contribution is 2.39. The molecule has 2 unspecified atom stereocenters. The average Bonchev–Trinajstić information content (AvgIpc) is 3.30. The number of nitrogens with two attached hydrogens (primary N) is 1. The van der Waals surface area contributed by atoms with Crippen molar-refractivity contribution < 1.29 is 9.47 Å². The Bertz CT molecular complexity index is 1250. The number of fused-ring (bicyclic) bond motifs is 1. The van der Waals surface area contributed by atoms with Crippen LogP contribution in [0.25, 0.3) is 11.4 Å². The molecule has 184 valence electrons. The summed E-state index contributed by atoms with van der Waals surface area (Å²) in [6.45, 7) is 5.79. The van der Waals surface area contributed by atoms with Crippen LogP contribution in [0.2, 0.25) is 0 Å². The van der Waals surface area contributed by atoms with Gasteiger partial charge in [-0.2, -0.15) is 0 Å². The number of benzene rings is 1. The van der Waals surface area contributed by atoms with Crippen molar-refractivity contribution in [1.29, 1.82) is 0 Å². The maximum absolute atomic E-state index is 6.86. The summed E-state index contributed by atoms with van der Waals surface area (Å²) in [5.74, 6) is 1.40. The van der Waals surface area contributed by atoms with Gasteiger partial charge < -0.3 is 24.7 Å². The predicted octanol–water partition coefficient (Wildman–Crippen LogP) is 3.03. The summed E-state index contributed by atoms with van der Waals surface area (Å²) >= 11 is 0. The number of hydrogen-bond acceptors (Lipinski definition) is 9. The number of methoxy groups -OCH3 is 1. The summed E-state index contributed by atoms with van der Waals surface area (Å²) in [7, 11) is 3.52. The highest BCUT2D eigenvalue weighted by molar-refractivity contribution is 5.94. The third kappa shape index (κ3) is 4.46. The molecule has 5 rings (SSSR count). The van der Waals surface area contributed by atoms with Crippen LogP contribution in [0.5, 0.6) is 5.75 Å². The number of ether oxygens (including phenoxy) is 2. The molecule has 1 fully saturated rings. The normalized spacial score (nSPS) is 20.7. The van der Waals surface area contributed by atoms with Gasteiger partial charge in [-0.15, -0.1) is 10.2 Å². The van der Waals surface area contributed by atoms with Gasteiger partial charge in [0.2, 0.25) is 5.79 Å². The third-order valence-corrected chi connectivity index (χ3v) is 6.82. The molecule has 4 heterocycles. The molecule has 2 aromatic heterocycles. The van der Waals surface area contributed by atoms with E-state index in [-0.39, 0.29) is 6.04 Å². The van der Waals surface area contributed by atoms with Crippen molar-refractivity contribution in [3.05, 3.63) is 47.4 Å². The molecular weight excluding hydrogens is 444 g/mol. The van der Waals surface area contributed by atoms with E-state index in [2.05, 4.69) is 27.8 Å².